The molecule has 0 saturated carbocycles. The maximum absolute atomic E-state index is 5.37. The first kappa shape index (κ1) is 14.0. The van der Waals surface area contributed by atoms with Crippen LogP contribution in [0.5, 0.6) is 5.75 Å². The largest absolute Gasteiger partial charge is 0.497 e. The van der Waals surface area contributed by atoms with Crippen molar-refractivity contribution in [1.82, 2.24) is 0 Å². The van der Waals surface area contributed by atoms with Gasteiger partial charge in [0.05, 0.1) is 13.2 Å². The van der Waals surface area contributed by atoms with Crippen LogP contribution in [0.1, 0.15) is 48.9 Å². The Morgan fingerprint density at radius 1 is 1.14 bits per heavy atom. The highest BCUT2D eigenvalue weighted by molar-refractivity contribution is 5.55. The molecule has 0 bridgehead atoms. The van der Waals surface area contributed by atoms with Crippen molar-refractivity contribution in [3.63, 3.8) is 0 Å². The van der Waals surface area contributed by atoms with Crippen molar-refractivity contribution in [2.45, 2.75) is 38.6 Å². The normalized spacial score (nSPS) is 16.9. The average molecular weight is 281 g/mol. The molecule has 0 fully saturated rings. The Balaban J connectivity index is 1.89. The van der Waals surface area contributed by atoms with Crippen molar-refractivity contribution in [3.8, 4) is 5.75 Å². The molecule has 2 nitrogen and oxygen atoms in total. The van der Waals surface area contributed by atoms with E-state index in [0.717, 1.165) is 18.6 Å². The third kappa shape index (κ3) is 2.76. The highest BCUT2D eigenvalue weighted by Gasteiger charge is 2.23. The third-order valence-electron chi connectivity index (χ3n) is 4.34. The lowest BCUT2D eigenvalue weighted by Crippen LogP contribution is -2.09. The van der Waals surface area contributed by atoms with Gasteiger partial charge in [-0.05, 0) is 53.6 Å². The number of fused-ring (bicyclic) bond motifs is 1. The Morgan fingerprint density at radius 2 is 1.95 bits per heavy atom. The summed E-state index contributed by atoms with van der Waals surface area (Å²) in [4.78, 5) is 0. The predicted octanol–water partition coefficient (Wildman–Crippen LogP) is 4.92. The molecule has 0 aliphatic heterocycles. The van der Waals surface area contributed by atoms with E-state index in [1.807, 2.05) is 0 Å². The standard InChI is InChI=1S/C19H23NO/c1-13(2)16-6-4-5-7-18(16)20-19-11-9-14-8-10-15(21-3)12-17(14)19/h4-8,10,12-13,19-20H,9,11H2,1-3H3. The summed E-state index contributed by atoms with van der Waals surface area (Å²) in [5.41, 5.74) is 5.46. The van der Waals surface area contributed by atoms with Crippen LogP contribution < -0.4 is 10.1 Å². The van der Waals surface area contributed by atoms with Gasteiger partial charge in [0, 0.05) is 5.69 Å². The molecule has 0 heterocycles. The predicted molar refractivity (Wildman–Crippen MR) is 88.2 cm³/mol. The summed E-state index contributed by atoms with van der Waals surface area (Å²) < 4.78 is 5.37. The fraction of sp³-hybridized carbons (Fsp3) is 0.368. The molecule has 2 aromatic carbocycles. The molecule has 1 unspecified atom stereocenters. The van der Waals surface area contributed by atoms with Crippen LogP contribution in [0.25, 0.3) is 0 Å². The van der Waals surface area contributed by atoms with Crippen molar-refractivity contribution < 1.29 is 4.74 Å². The number of hydrogen-bond acceptors (Lipinski definition) is 2. The van der Waals surface area contributed by atoms with Gasteiger partial charge >= 0.3 is 0 Å². The number of hydrogen-bond donors (Lipinski definition) is 1. The zero-order valence-electron chi connectivity index (χ0n) is 13.0. The summed E-state index contributed by atoms with van der Waals surface area (Å²) in [5.74, 6) is 1.47. The van der Waals surface area contributed by atoms with Crippen molar-refractivity contribution >= 4 is 5.69 Å². The van der Waals surface area contributed by atoms with Crippen LogP contribution in [-0.2, 0) is 6.42 Å². The lowest BCUT2D eigenvalue weighted by molar-refractivity contribution is 0.414. The van der Waals surface area contributed by atoms with E-state index >= 15 is 0 Å². The molecule has 110 valence electrons. The van der Waals surface area contributed by atoms with Crippen LogP contribution >= 0.6 is 0 Å². The van der Waals surface area contributed by atoms with Gasteiger partial charge in [-0.3, -0.25) is 0 Å². The molecule has 1 aliphatic carbocycles. The minimum Gasteiger partial charge on any atom is -0.497 e. The molecule has 21 heavy (non-hydrogen) atoms. The smallest absolute Gasteiger partial charge is 0.119 e. The molecule has 0 radical (unpaired) electrons. The van der Waals surface area contributed by atoms with Gasteiger partial charge in [0.15, 0.2) is 0 Å². The molecule has 1 N–H and O–H groups in total. The van der Waals surface area contributed by atoms with Crippen molar-refractivity contribution in [1.29, 1.82) is 0 Å². The highest BCUT2D eigenvalue weighted by atomic mass is 16.5. The number of nitrogens with one attached hydrogen (secondary N) is 1. The second-order valence-electron chi connectivity index (χ2n) is 6.04. The number of para-hydroxylation sites is 1. The zero-order chi connectivity index (χ0) is 14.8. The van der Waals surface area contributed by atoms with Crippen molar-refractivity contribution in [3.05, 3.63) is 59.2 Å². The van der Waals surface area contributed by atoms with Gasteiger partial charge in [-0.25, -0.2) is 0 Å². The van der Waals surface area contributed by atoms with Crippen LogP contribution in [0, 0.1) is 0 Å². The lowest BCUT2D eigenvalue weighted by Gasteiger charge is -2.20. The molecule has 3 rings (SSSR count). The number of methoxy groups -OCH3 is 1. The zero-order valence-corrected chi connectivity index (χ0v) is 13.0. The SMILES string of the molecule is COc1ccc2c(c1)C(Nc1ccccc1C(C)C)CC2. The molecule has 0 amide bonds. The van der Waals surface area contributed by atoms with Crippen molar-refractivity contribution in [2.75, 3.05) is 12.4 Å². The van der Waals surface area contributed by atoms with Crippen molar-refractivity contribution in [2.24, 2.45) is 0 Å². The minimum atomic E-state index is 0.384. The lowest BCUT2D eigenvalue weighted by atomic mass is 10.00. The topological polar surface area (TPSA) is 21.3 Å². The minimum absolute atomic E-state index is 0.384. The van der Waals surface area contributed by atoms with E-state index in [-0.39, 0.29) is 0 Å². The highest BCUT2D eigenvalue weighted by Crippen LogP contribution is 2.37. The fourth-order valence-corrected chi connectivity index (χ4v) is 3.18. The van der Waals surface area contributed by atoms with E-state index in [9.17, 15) is 0 Å². The first-order valence-corrected chi connectivity index (χ1v) is 7.71. The summed E-state index contributed by atoms with van der Waals surface area (Å²) in [6, 6.07) is 15.4. The fourth-order valence-electron chi connectivity index (χ4n) is 3.18. The van der Waals surface area contributed by atoms with Crippen LogP contribution in [0.4, 0.5) is 5.69 Å². The molecule has 1 aliphatic rings. The van der Waals surface area contributed by atoms with Crippen LogP contribution in [0.3, 0.4) is 0 Å². The molecular weight excluding hydrogens is 258 g/mol. The summed E-state index contributed by atoms with van der Waals surface area (Å²) in [6.07, 6.45) is 2.29. The van der Waals surface area contributed by atoms with Crippen LogP contribution in [0.15, 0.2) is 42.5 Å². The summed E-state index contributed by atoms with van der Waals surface area (Å²) in [6.45, 7) is 4.48. The number of benzene rings is 2. The summed E-state index contributed by atoms with van der Waals surface area (Å²) in [7, 11) is 1.73. The Labute approximate surface area is 127 Å². The molecule has 0 aromatic heterocycles. The number of ether oxygens (including phenoxy) is 1. The van der Waals surface area contributed by atoms with Crippen LogP contribution in [0.2, 0.25) is 0 Å². The Hall–Kier alpha value is -1.96. The molecule has 1 atom stereocenters. The number of rotatable bonds is 4. The van der Waals surface area contributed by atoms with E-state index in [4.69, 9.17) is 4.74 Å². The van der Waals surface area contributed by atoms with Gasteiger partial charge in [-0.15, -0.1) is 0 Å². The molecule has 2 aromatic rings. The second kappa shape index (κ2) is 5.80. The van der Waals surface area contributed by atoms with Gasteiger partial charge in [0.25, 0.3) is 0 Å². The van der Waals surface area contributed by atoms with E-state index < -0.39 is 0 Å². The Morgan fingerprint density at radius 3 is 2.71 bits per heavy atom. The molecule has 0 saturated heterocycles. The van der Waals surface area contributed by atoms with E-state index in [1.54, 1.807) is 7.11 Å². The van der Waals surface area contributed by atoms with E-state index in [1.165, 1.54) is 22.4 Å². The maximum atomic E-state index is 5.37. The van der Waals surface area contributed by atoms with Gasteiger partial charge in [-0.1, -0.05) is 38.1 Å². The van der Waals surface area contributed by atoms with E-state index in [2.05, 4.69) is 61.6 Å². The van der Waals surface area contributed by atoms with Gasteiger partial charge < -0.3 is 10.1 Å². The first-order valence-electron chi connectivity index (χ1n) is 7.71. The quantitative estimate of drug-likeness (QED) is 0.859. The van der Waals surface area contributed by atoms with Gasteiger partial charge in [-0.2, -0.15) is 0 Å². The number of anilines is 1. The Bertz CT molecular complexity index is 633. The van der Waals surface area contributed by atoms with Gasteiger partial charge in [0.2, 0.25) is 0 Å². The molecular formula is C19H23NO. The van der Waals surface area contributed by atoms with Gasteiger partial charge in [0.1, 0.15) is 5.75 Å². The summed E-state index contributed by atoms with van der Waals surface area (Å²) >= 11 is 0. The molecule has 0 spiro atoms. The van der Waals surface area contributed by atoms with Crippen LogP contribution in [-0.4, -0.2) is 7.11 Å². The first-order chi connectivity index (χ1) is 10.2. The third-order valence-corrected chi connectivity index (χ3v) is 4.34. The second-order valence-corrected chi connectivity index (χ2v) is 6.04. The monoisotopic (exact) mass is 281 g/mol. The maximum Gasteiger partial charge on any atom is 0.119 e. The Kier molecular flexibility index (Phi) is 3.87. The molecule has 2 heteroatoms. The average Bonchev–Trinajstić information content (AvgIpc) is 2.90. The van der Waals surface area contributed by atoms with E-state index in [0.29, 0.717) is 12.0 Å². The number of aryl methyl sites for hydroxylation is 1. The summed E-state index contributed by atoms with van der Waals surface area (Å²) in [5, 5.41) is 3.74.